The molecular weight excluding hydrogens is 841 g/mol. The molecule has 6 rings (SSSR count). The predicted octanol–water partition coefficient (Wildman–Crippen LogP) is 14.3. The van der Waals surface area contributed by atoms with Crippen LogP contribution in [0.4, 0.5) is 0 Å². The molecular formula is C54H62O6S3. The molecule has 0 aliphatic rings. The summed E-state index contributed by atoms with van der Waals surface area (Å²) in [5.41, 5.74) is 5.88. The zero-order valence-electron chi connectivity index (χ0n) is 38.2. The molecule has 0 amide bonds. The van der Waals surface area contributed by atoms with Crippen LogP contribution in [0.15, 0.2) is 153 Å². The van der Waals surface area contributed by atoms with E-state index < -0.39 is 9.84 Å². The lowest BCUT2D eigenvalue weighted by Crippen LogP contribution is -2.48. The van der Waals surface area contributed by atoms with Crippen molar-refractivity contribution in [1.82, 2.24) is 0 Å². The van der Waals surface area contributed by atoms with Gasteiger partial charge in [0.25, 0.3) is 0 Å². The predicted molar refractivity (Wildman–Crippen MR) is 262 cm³/mol. The molecule has 6 aromatic rings. The minimum absolute atomic E-state index is 0.0897. The number of methoxy groups -OCH3 is 1. The molecule has 0 saturated heterocycles. The molecule has 0 radical (unpaired) electrons. The number of hydrogen-bond acceptors (Lipinski definition) is 8. The topological polar surface area (TPSA) is 82.1 Å². The van der Waals surface area contributed by atoms with E-state index >= 15 is 0 Å². The van der Waals surface area contributed by atoms with Crippen molar-refractivity contribution in [1.29, 1.82) is 0 Å². The largest absolute Gasteiger partial charge is 0.508 e. The highest BCUT2D eigenvalue weighted by Crippen LogP contribution is 2.44. The first-order valence-corrected chi connectivity index (χ1v) is 24.0. The molecule has 3 unspecified atom stereocenters. The molecule has 6 nitrogen and oxygen atoms in total. The number of aromatic hydroxyl groups is 1. The fraction of sp³-hybridized carbons (Fsp3) is 0.333. The summed E-state index contributed by atoms with van der Waals surface area (Å²) in [6.07, 6.45) is 2.30. The van der Waals surface area contributed by atoms with Gasteiger partial charge in [-0.05, 0) is 120 Å². The highest BCUT2D eigenvalue weighted by molar-refractivity contribution is 7.91. The van der Waals surface area contributed by atoms with Gasteiger partial charge in [-0.2, -0.15) is 0 Å². The summed E-state index contributed by atoms with van der Waals surface area (Å²) < 4.78 is 46.5. The third-order valence-corrected chi connectivity index (χ3v) is 16.2. The maximum absolute atomic E-state index is 13.9. The van der Waals surface area contributed by atoms with E-state index in [1.54, 1.807) is 30.3 Å². The van der Waals surface area contributed by atoms with Crippen LogP contribution in [0.25, 0.3) is 0 Å². The average Bonchev–Trinajstić information content (AvgIpc) is 3.29. The van der Waals surface area contributed by atoms with E-state index in [9.17, 15) is 13.5 Å². The number of phenolic OH excluding ortho intramolecular Hbond substituents is 1. The molecule has 0 saturated carbocycles. The molecule has 0 heterocycles. The monoisotopic (exact) mass is 902 g/mol. The lowest BCUT2D eigenvalue weighted by atomic mass is 9.66. The van der Waals surface area contributed by atoms with Gasteiger partial charge in [-0.15, -0.1) is 25.3 Å². The zero-order valence-corrected chi connectivity index (χ0v) is 40.8. The Balaban J connectivity index is 1.12. The van der Waals surface area contributed by atoms with Crippen LogP contribution in [0.2, 0.25) is 0 Å². The molecule has 9 heteroatoms. The van der Waals surface area contributed by atoms with Crippen LogP contribution in [0, 0.1) is 0 Å². The third-order valence-electron chi connectivity index (χ3n) is 13.8. The van der Waals surface area contributed by atoms with Crippen molar-refractivity contribution >= 4 is 35.1 Å². The van der Waals surface area contributed by atoms with Crippen LogP contribution in [0.1, 0.15) is 121 Å². The van der Waals surface area contributed by atoms with E-state index in [1.165, 1.54) is 29.3 Å². The van der Waals surface area contributed by atoms with Gasteiger partial charge < -0.3 is 19.3 Å². The number of sulfone groups is 1. The van der Waals surface area contributed by atoms with Crippen molar-refractivity contribution < 1.29 is 27.7 Å². The molecule has 0 fully saturated rings. The van der Waals surface area contributed by atoms with Crippen molar-refractivity contribution in [2.75, 3.05) is 7.11 Å². The first kappa shape index (κ1) is 47.8. The molecule has 0 aliphatic heterocycles. The summed E-state index contributed by atoms with van der Waals surface area (Å²) in [6, 6.07) is 42.0. The van der Waals surface area contributed by atoms with Gasteiger partial charge in [0, 0.05) is 33.1 Å². The highest BCUT2D eigenvalue weighted by Gasteiger charge is 2.44. The second-order valence-electron chi connectivity index (χ2n) is 17.9. The smallest absolute Gasteiger partial charge is 0.206 e. The van der Waals surface area contributed by atoms with Gasteiger partial charge in [0.05, 0.1) is 15.4 Å². The van der Waals surface area contributed by atoms with Crippen molar-refractivity contribution in [3.05, 3.63) is 167 Å². The maximum atomic E-state index is 13.9. The molecule has 332 valence electrons. The van der Waals surface area contributed by atoms with Crippen LogP contribution < -0.4 is 9.47 Å². The van der Waals surface area contributed by atoms with Crippen LogP contribution in [-0.4, -0.2) is 26.2 Å². The van der Waals surface area contributed by atoms with Gasteiger partial charge in [-0.3, -0.25) is 0 Å². The minimum atomic E-state index is -3.92. The summed E-state index contributed by atoms with van der Waals surface area (Å²) in [4.78, 5) is 0.987. The summed E-state index contributed by atoms with van der Waals surface area (Å²) in [7, 11) is -2.11. The average molecular weight is 903 g/mol. The van der Waals surface area contributed by atoms with Crippen LogP contribution in [0.5, 0.6) is 23.0 Å². The second kappa shape index (κ2) is 18.8. The number of thiol groups is 2. The molecule has 0 spiro atoms. The number of ether oxygens (including phenoxy) is 3. The van der Waals surface area contributed by atoms with Crippen LogP contribution in [0.3, 0.4) is 0 Å². The van der Waals surface area contributed by atoms with Gasteiger partial charge in [0.15, 0.2) is 0 Å². The number of benzene rings is 6. The Morgan fingerprint density at radius 1 is 0.571 bits per heavy atom. The lowest BCUT2D eigenvalue weighted by molar-refractivity contribution is -0.0607. The van der Waals surface area contributed by atoms with E-state index in [1.807, 2.05) is 38.3 Å². The van der Waals surface area contributed by atoms with E-state index in [4.69, 9.17) is 14.2 Å². The Hall–Kier alpha value is -4.67. The Morgan fingerprint density at radius 3 is 1.43 bits per heavy atom. The summed E-state index contributed by atoms with van der Waals surface area (Å²) in [5, 5.41) is 9.75. The summed E-state index contributed by atoms with van der Waals surface area (Å²) >= 11 is 9.31. The van der Waals surface area contributed by atoms with Gasteiger partial charge in [0.1, 0.15) is 29.1 Å². The normalized spacial score (nSPS) is 14.7. The van der Waals surface area contributed by atoms with E-state index in [0.717, 1.165) is 35.1 Å². The number of phenols is 1. The van der Waals surface area contributed by atoms with Crippen LogP contribution in [-0.2, 0) is 30.8 Å². The molecule has 0 aromatic heterocycles. The van der Waals surface area contributed by atoms with E-state index in [2.05, 4.69) is 141 Å². The zero-order chi connectivity index (χ0) is 46.0. The molecule has 63 heavy (non-hydrogen) atoms. The van der Waals surface area contributed by atoms with Gasteiger partial charge in [-0.1, -0.05) is 128 Å². The number of hydrogen-bond donors (Lipinski definition) is 3. The molecule has 1 N–H and O–H groups in total. The Kier molecular flexibility index (Phi) is 14.3. The van der Waals surface area contributed by atoms with Crippen molar-refractivity contribution in [3.63, 3.8) is 0 Å². The fourth-order valence-electron chi connectivity index (χ4n) is 8.48. The third kappa shape index (κ3) is 9.58. The molecule has 6 aromatic carbocycles. The quantitative estimate of drug-likeness (QED) is 0.0791. The standard InChI is InChI=1S/C54H62O6S3/c1-11-46(36-14-16-37(17-15-36)51(4,5)39-22-26-42(55)27-23-39)60-48-33-31-45(35-50(48)62)63(56,57)44-30-32-47(49(61)34-44)59-43-28-24-40(25-29-43)52(6,7)38-18-20-41(21-19-38)53(8,12-2)54(9,13-3)58-10/h14-35,46,55,61-62H,11-13H2,1-10H3. The van der Waals surface area contributed by atoms with Crippen molar-refractivity contribution in [2.45, 2.75) is 129 Å². The number of rotatable bonds is 17. The van der Waals surface area contributed by atoms with Gasteiger partial charge >= 0.3 is 0 Å². The van der Waals surface area contributed by atoms with E-state index in [0.29, 0.717) is 33.5 Å². The summed E-state index contributed by atoms with van der Waals surface area (Å²) in [5.74, 6) is 1.78. The first-order valence-electron chi connectivity index (χ1n) is 21.7. The summed E-state index contributed by atoms with van der Waals surface area (Å²) in [6.45, 7) is 19.7. The maximum Gasteiger partial charge on any atom is 0.206 e. The SMILES string of the molecule is CCC(Oc1ccc(S(=O)(=O)c2ccc(Oc3ccc(C(C)(C)c4ccc(C(C)(CC)C(C)(CC)OC)cc4)cc3)c(S)c2)cc1S)c1ccc(C(C)(C)c2ccc(O)cc2)cc1. The first-order chi connectivity index (χ1) is 29.7. The van der Waals surface area contributed by atoms with Gasteiger partial charge in [-0.25, -0.2) is 8.42 Å². The van der Waals surface area contributed by atoms with Gasteiger partial charge in [0.2, 0.25) is 9.84 Å². The molecule has 0 aliphatic carbocycles. The molecule has 0 bridgehead atoms. The minimum Gasteiger partial charge on any atom is -0.508 e. The lowest BCUT2D eigenvalue weighted by Gasteiger charge is -2.45. The Labute approximate surface area is 386 Å². The van der Waals surface area contributed by atoms with Crippen molar-refractivity contribution in [3.8, 4) is 23.0 Å². The van der Waals surface area contributed by atoms with Crippen LogP contribution >= 0.6 is 25.3 Å². The highest BCUT2D eigenvalue weighted by atomic mass is 32.2. The van der Waals surface area contributed by atoms with Crippen molar-refractivity contribution in [2.24, 2.45) is 0 Å². The fourth-order valence-corrected chi connectivity index (χ4v) is 10.5. The Morgan fingerprint density at radius 2 is 1.00 bits per heavy atom. The molecule has 3 atom stereocenters. The van der Waals surface area contributed by atoms with E-state index in [-0.39, 0.29) is 43.5 Å². The second-order valence-corrected chi connectivity index (χ2v) is 20.8. The Bertz CT molecular complexity index is 2610.